The predicted molar refractivity (Wildman–Crippen MR) is 141 cm³/mol. The van der Waals surface area contributed by atoms with E-state index in [9.17, 15) is 15.3 Å². The normalized spacial score (nSPS) is 10.9. The maximum absolute atomic E-state index is 10.6. The van der Waals surface area contributed by atoms with Crippen molar-refractivity contribution < 1.29 is 20.1 Å². The van der Waals surface area contributed by atoms with Gasteiger partial charge in [-0.05, 0) is 88.6 Å². The number of aryl methyl sites for hydroxylation is 3. The van der Waals surface area contributed by atoms with Gasteiger partial charge in [-0.1, -0.05) is 30.3 Å². The van der Waals surface area contributed by atoms with Gasteiger partial charge in [0.15, 0.2) is 5.75 Å². The summed E-state index contributed by atoms with van der Waals surface area (Å²) in [6.07, 6.45) is 0. The van der Waals surface area contributed by atoms with Crippen molar-refractivity contribution in [2.24, 2.45) is 0 Å². The smallest absolute Gasteiger partial charge is 0.151 e. The molecule has 4 rings (SSSR count). The minimum absolute atomic E-state index is 0.166. The molecular weight excluding hydrogens is 438 g/mol. The van der Waals surface area contributed by atoms with E-state index in [4.69, 9.17) is 4.74 Å². The third-order valence-electron chi connectivity index (χ3n) is 6.55. The highest BCUT2D eigenvalue weighted by Gasteiger charge is 2.26. The lowest BCUT2D eigenvalue weighted by atomic mass is 10.0. The van der Waals surface area contributed by atoms with E-state index >= 15 is 0 Å². The lowest BCUT2D eigenvalue weighted by Crippen LogP contribution is -2.16. The number of benzene rings is 4. The fourth-order valence-corrected chi connectivity index (χ4v) is 4.50. The summed E-state index contributed by atoms with van der Waals surface area (Å²) < 4.78 is 6.47. The Balaban J connectivity index is 2.04. The second kappa shape index (κ2) is 9.26. The summed E-state index contributed by atoms with van der Waals surface area (Å²) in [6.45, 7) is 11.5. The molecular formula is C30H31NO4. The summed E-state index contributed by atoms with van der Waals surface area (Å²) in [5, 5.41) is 31.6. The minimum Gasteiger partial charge on any atom is -0.508 e. The van der Waals surface area contributed by atoms with Gasteiger partial charge in [0.2, 0.25) is 0 Å². The molecule has 0 bridgehead atoms. The predicted octanol–water partition coefficient (Wildman–Crippen LogP) is 7.92. The van der Waals surface area contributed by atoms with Gasteiger partial charge in [0, 0.05) is 16.7 Å². The molecule has 0 spiro atoms. The molecule has 0 unspecified atom stereocenters. The number of phenolic OH excluding ortho intramolecular Hbond substituents is 3. The number of ether oxygens (including phenoxy) is 1. The number of phenols is 3. The Morgan fingerprint density at radius 1 is 0.543 bits per heavy atom. The van der Waals surface area contributed by atoms with Gasteiger partial charge in [-0.3, -0.25) is 0 Å². The van der Waals surface area contributed by atoms with Gasteiger partial charge in [0.1, 0.15) is 23.0 Å². The number of hydrogen-bond acceptors (Lipinski definition) is 5. The summed E-state index contributed by atoms with van der Waals surface area (Å²) in [5.41, 5.74) is 7.26. The summed E-state index contributed by atoms with van der Waals surface area (Å²) in [5.74, 6) is 1.70. The van der Waals surface area contributed by atoms with Crippen LogP contribution in [0.1, 0.15) is 33.4 Å². The van der Waals surface area contributed by atoms with Crippen molar-refractivity contribution in [1.82, 2.24) is 0 Å². The molecule has 0 saturated heterocycles. The first kappa shape index (κ1) is 24.0. The van der Waals surface area contributed by atoms with Gasteiger partial charge in [-0.25, -0.2) is 0 Å². The second-order valence-corrected chi connectivity index (χ2v) is 9.01. The molecule has 4 aromatic carbocycles. The van der Waals surface area contributed by atoms with Crippen LogP contribution in [-0.2, 0) is 0 Å². The van der Waals surface area contributed by atoms with Crippen molar-refractivity contribution in [3.63, 3.8) is 0 Å². The average Bonchev–Trinajstić information content (AvgIpc) is 2.83. The van der Waals surface area contributed by atoms with Gasteiger partial charge in [-0.2, -0.15) is 0 Å². The van der Waals surface area contributed by atoms with Crippen molar-refractivity contribution in [1.29, 1.82) is 0 Å². The first-order valence-electron chi connectivity index (χ1n) is 11.6. The molecule has 5 heteroatoms. The molecule has 0 amide bonds. The Labute approximate surface area is 206 Å². The lowest BCUT2D eigenvalue weighted by Gasteiger charge is -2.33. The first-order chi connectivity index (χ1) is 16.6. The number of nitrogens with zero attached hydrogens (tertiary/aromatic N) is 1. The molecule has 4 aromatic rings. The number of anilines is 3. The molecule has 0 radical (unpaired) electrons. The molecule has 0 aliphatic carbocycles. The Hall–Kier alpha value is -4.12. The molecule has 3 N–H and O–H groups in total. The van der Waals surface area contributed by atoms with Crippen LogP contribution in [0, 0.1) is 41.5 Å². The third kappa shape index (κ3) is 4.26. The van der Waals surface area contributed by atoms with E-state index in [-0.39, 0.29) is 17.2 Å². The highest BCUT2D eigenvalue weighted by Crippen LogP contribution is 2.49. The summed E-state index contributed by atoms with van der Waals surface area (Å²) in [4.78, 5) is 2.04. The van der Waals surface area contributed by atoms with Crippen LogP contribution in [0.25, 0.3) is 0 Å². The van der Waals surface area contributed by atoms with E-state index in [1.807, 2.05) is 88.9 Å². The van der Waals surface area contributed by atoms with Crippen LogP contribution in [0.5, 0.6) is 28.7 Å². The van der Waals surface area contributed by atoms with Gasteiger partial charge in [0.05, 0.1) is 17.1 Å². The average molecular weight is 470 g/mol. The number of rotatable bonds is 5. The maximum atomic E-state index is 10.6. The summed E-state index contributed by atoms with van der Waals surface area (Å²) in [6, 6.07) is 18.3. The molecule has 5 nitrogen and oxygen atoms in total. The number of hydrogen-bond donors (Lipinski definition) is 3. The van der Waals surface area contributed by atoms with Crippen molar-refractivity contribution in [2.75, 3.05) is 4.90 Å². The van der Waals surface area contributed by atoms with Crippen molar-refractivity contribution >= 4 is 17.1 Å². The Morgan fingerprint density at radius 2 is 1.00 bits per heavy atom. The molecule has 180 valence electrons. The molecule has 0 aliphatic heterocycles. The maximum Gasteiger partial charge on any atom is 0.151 e. The minimum atomic E-state index is 0.166. The lowest BCUT2D eigenvalue weighted by molar-refractivity contribution is 0.446. The van der Waals surface area contributed by atoms with E-state index in [0.717, 1.165) is 33.8 Å². The van der Waals surface area contributed by atoms with E-state index in [1.165, 1.54) is 0 Å². The van der Waals surface area contributed by atoms with Crippen LogP contribution in [-0.4, -0.2) is 15.3 Å². The largest absolute Gasteiger partial charge is 0.508 e. The van der Waals surface area contributed by atoms with E-state index in [1.54, 1.807) is 18.2 Å². The van der Waals surface area contributed by atoms with E-state index in [2.05, 4.69) is 0 Å². The fraction of sp³-hybridized carbons (Fsp3) is 0.200. The highest BCUT2D eigenvalue weighted by molar-refractivity contribution is 5.87. The Bertz CT molecular complexity index is 1370. The molecule has 0 heterocycles. The highest BCUT2D eigenvalue weighted by atomic mass is 16.5. The number of aromatic hydroxyl groups is 3. The molecule has 35 heavy (non-hydrogen) atoms. The Kier molecular flexibility index (Phi) is 6.35. The van der Waals surface area contributed by atoms with Crippen molar-refractivity contribution in [3.8, 4) is 28.7 Å². The van der Waals surface area contributed by atoms with Crippen LogP contribution >= 0.6 is 0 Å². The molecule has 0 aromatic heterocycles. The Morgan fingerprint density at radius 3 is 1.54 bits per heavy atom. The standard InChI is InChI=1S/C30H31NO4/c1-17-11-14-24(32)20(4)28(17)31(29-18(2)12-15-25(33)21(29)5)23-9-7-8-10-27(23)35-30-19(3)13-16-26(34)22(30)6/h7-16,32-34H,1-6H3. The van der Waals surface area contributed by atoms with Crippen LogP contribution in [0.15, 0.2) is 60.7 Å². The van der Waals surface area contributed by atoms with Gasteiger partial charge < -0.3 is 25.0 Å². The SMILES string of the molecule is Cc1ccc(O)c(C)c1Oc1ccccc1N(c1c(C)ccc(O)c1C)c1c(C)ccc(O)c1C. The van der Waals surface area contributed by atoms with Crippen LogP contribution in [0.3, 0.4) is 0 Å². The topological polar surface area (TPSA) is 73.2 Å². The zero-order valence-corrected chi connectivity index (χ0v) is 21.0. The molecule has 0 aliphatic rings. The van der Waals surface area contributed by atoms with E-state index < -0.39 is 0 Å². The number of para-hydroxylation sites is 2. The molecule has 0 atom stereocenters. The summed E-state index contributed by atoms with van der Waals surface area (Å²) >= 11 is 0. The van der Waals surface area contributed by atoms with Gasteiger partial charge in [-0.15, -0.1) is 0 Å². The zero-order chi connectivity index (χ0) is 25.4. The molecule has 0 fully saturated rings. The van der Waals surface area contributed by atoms with Crippen molar-refractivity contribution in [2.45, 2.75) is 41.5 Å². The second-order valence-electron chi connectivity index (χ2n) is 9.01. The van der Waals surface area contributed by atoms with Gasteiger partial charge in [0.25, 0.3) is 0 Å². The van der Waals surface area contributed by atoms with Gasteiger partial charge >= 0.3 is 0 Å². The van der Waals surface area contributed by atoms with Crippen LogP contribution in [0.4, 0.5) is 17.1 Å². The fourth-order valence-electron chi connectivity index (χ4n) is 4.50. The van der Waals surface area contributed by atoms with Crippen LogP contribution in [0.2, 0.25) is 0 Å². The van der Waals surface area contributed by atoms with Crippen LogP contribution < -0.4 is 9.64 Å². The third-order valence-corrected chi connectivity index (χ3v) is 6.55. The zero-order valence-electron chi connectivity index (χ0n) is 21.0. The van der Waals surface area contributed by atoms with Crippen molar-refractivity contribution in [3.05, 3.63) is 94.0 Å². The van der Waals surface area contributed by atoms with E-state index in [0.29, 0.717) is 28.2 Å². The first-order valence-corrected chi connectivity index (χ1v) is 11.6. The molecule has 0 saturated carbocycles. The monoisotopic (exact) mass is 469 g/mol. The summed E-state index contributed by atoms with van der Waals surface area (Å²) in [7, 11) is 0. The quantitative estimate of drug-likeness (QED) is 0.277.